The molecule has 0 aromatic rings. The molecule has 194 valence electrons. The summed E-state index contributed by atoms with van der Waals surface area (Å²) in [5, 5.41) is 0. The summed E-state index contributed by atoms with van der Waals surface area (Å²) in [7, 11) is 0. The molecule has 0 aliphatic heterocycles. The molecule has 1 aliphatic carbocycles. The maximum absolute atomic E-state index is 12.0. The highest BCUT2D eigenvalue weighted by molar-refractivity contribution is 5.60. The summed E-state index contributed by atoms with van der Waals surface area (Å²) in [5.74, 6) is 1.50. The zero-order chi connectivity index (χ0) is 24.3. The van der Waals surface area contributed by atoms with E-state index in [1.807, 2.05) is 0 Å². The van der Waals surface area contributed by atoms with E-state index in [4.69, 9.17) is 18.9 Å². The van der Waals surface area contributed by atoms with E-state index in [1.165, 1.54) is 38.5 Å². The minimum Gasteiger partial charge on any atom is -0.434 e. The zero-order valence-electron chi connectivity index (χ0n) is 21.8. The van der Waals surface area contributed by atoms with Gasteiger partial charge in [0.25, 0.3) is 0 Å². The Hall–Kier alpha value is -1.46. The smallest absolute Gasteiger partial charge is 0.434 e. The van der Waals surface area contributed by atoms with E-state index in [-0.39, 0.29) is 12.2 Å². The Morgan fingerprint density at radius 3 is 1.48 bits per heavy atom. The Morgan fingerprint density at radius 1 is 0.636 bits per heavy atom. The van der Waals surface area contributed by atoms with Crippen LogP contribution in [-0.4, -0.2) is 37.7 Å². The van der Waals surface area contributed by atoms with Gasteiger partial charge in [0.05, 0.1) is 13.2 Å². The van der Waals surface area contributed by atoms with Crippen molar-refractivity contribution in [1.82, 2.24) is 0 Å². The quantitative estimate of drug-likeness (QED) is 0.157. The lowest BCUT2D eigenvalue weighted by Crippen LogP contribution is -2.32. The van der Waals surface area contributed by atoms with Crippen LogP contribution in [0.15, 0.2) is 0 Å². The van der Waals surface area contributed by atoms with Gasteiger partial charge >= 0.3 is 12.3 Å². The third-order valence-electron chi connectivity index (χ3n) is 6.15. The average molecular weight is 471 g/mol. The summed E-state index contributed by atoms with van der Waals surface area (Å²) >= 11 is 0. The van der Waals surface area contributed by atoms with E-state index in [0.29, 0.717) is 25.6 Å². The molecule has 0 spiro atoms. The fourth-order valence-corrected chi connectivity index (χ4v) is 4.16. The molecule has 2 unspecified atom stereocenters. The van der Waals surface area contributed by atoms with Crippen LogP contribution in [0.25, 0.3) is 0 Å². The number of carbonyl (C=O) groups excluding carboxylic acids is 2. The molecule has 1 fully saturated rings. The van der Waals surface area contributed by atoms with Gasteiger partial charge in [-0.3, -0.25) is 0 Å². The molecule has 33 heavy (non-hydrogen) atoms. The number of carbonyl (C=O) groups is 2. The zero-order valence-corrected chi connectivity index (χ0v) is 21.8. The maximum atomic E-state index is 12.0. The monoisotopic (exact) mass is 470 g/mol. The van der Waals surface area contributed by atoms with Crippen molar-refractivity contribution in [2.45, 2.75) is 136 Å². The van der Waals surface area contributed by atoms with Crippen LogP contribution in [0.2, 0.25) is 0 Å². The Morgan fingerprint density at radius 2 is 1.03 bits per heavy atom. The molecule has 6 heteroatoms. The largest absolute Gasteiger partial charge is 0.508 e. The second-order valence-electron chi connectivity index (χ2n) is 10.4. The van der Waals surface area contributed by atoms with Crippen LogP contribution < -0.4 is 0 Å². The van der Waals surface area contributed by atoms with Gasteiger partial charge in [0, 0.05) is 6.42 Å². The van der Waals surface area contributed by atoms with Crippen molar-refractivity contribution in [3.63, 3.8) is 0 Å². The van der Waals surface area contributed by atoms with Gasteiger partial charge in [-0.15, -0.1) is 0 Å². The van der Waals surface area contributed by atoms with Gasteiger partial charge in [0.15, 0.2) is 0 Å². The molecular weight excluding hydrogens is 420 g/mol. The number of hydrogen-bond acceptors (Lipinski definition) is 6. The van der Waals surface area contributed by atoms with Crippen LogP contribution in [0.1, 0.15) is 124 Å². The van der Waals surface area contributed by atoms with Crippen LogP contribution >= 0.6 is 0 Å². The van der Waals surface area contributed by atoms with Gasteiger partial charge in [-0.2, -0.15) is 0 Å². The van der Waals surface area contributed by atoms with E-state index in [0.717, 1.165) is 57.3 Å². The van der Waals surface area contributed by atoms with E-state index in [2.05, 4.69) is 27.7 Å². The molecule has 1 rings (SSSR count). The van der Waals surface area contributed by atoms with E-state index in [1.54, 1.807) is 0 Å². The van der Waals surface area contributed by atoms with Crippen molar-refractivity contribution >= 4 is 12.3 Å². The molecule has 1 saturated carbocycles. The molecule has 2 atom stereocenters. The summed E-state index contributed by atoms with van der Waals surface area (Å²) in [4.78, 5) is 23.9. The highest BCUT2D eigenvalue weighted by Gasteiger charge is 2.28. The van der Waals surface area contributed by atoms with Crippen LogP contribution in [0, 0.1) is 11.8 Å². The second kappa shape index (κ2) is 18.9. The highest BCUT2D eigenvalue weighted by atomic mass is 16.7. The first kappa shape index (κ1) is 29.6. The lowest BCUT2D eigenvalue weighted by Gasteiger charge is -2.28. The minimum atomic E-state index is -0.615. The molecule has 0 aromatic carbocycles. The van der Waals surface area contributed by atoms with Crippen LogP contribution in [0.4, 0.5) is 9.59 Å². The summed E-state index contributed by atoms with van der Waals surface area (Å²) in [6.07, 6.45) is 13.7. The fraction of sp³-hybridized carbons (Fsp3) is 0.926. The molecule has 0 heterocycles. The van der Waals surface area contributed by atoms with Crippen molar-refractivity contribution in [3.8, 4) is 0 Å². The van der Waals surface area contributed by atoms with Gasteiger partial charge in [0.2, 0.25) is 0 Å². The first-order valence-corrected chi connectivity index (χ1v) is 13.5. The van der Waals surface area contributed by atoms with Crippen LogP contribution in [-0.2, 0) is 18.9 Å². The second-order valence-corrected chi connectivity index (χ2v) is 10.4. The molecule has 0 saturated heterocycles. The average Bonchev–Trinajstić information content (AvgIpc) is 2.74. The molecule has 0 amide bonds. The standard InChI is InChI=1S/C27H50O6/c1-22(2)15-10-7-5-6-8-12-19-30-26(28)32-24-17-14-18-25(21-24)33-27(29)31-20-13-9-11-16-23(3)4/h22-25H,5-21H2,1-4H3. The van der Waals surface area contributed by atoms with Gasteiger partial charge in [-0.25, -0.2) is 9.59 Å². The summed E-state index contributed by atoms with van der Waals surface area (Å²) in [6.45, 7) is 9.76. The summed E-state index contributed by atoms with van der Waals surface area (Å²) < 4.78 is 21.3. The lowest BCUT2D eigenvalue weighted by atomic mass is 9.95. The topological polar surface area (TPSA) is 71.1 Å². The van der Waals surface area contributed by atoms with Gasteiger partial charge in [0.1, 0.15) is 12.2 Å². The Bertz CT molecular complexity index is 505. The molecule has 0 radical (unpaired) electrons. The van der Waals surface area contributed by atoms with Crippen molar-refractivity contribution in [1.29, 1.82) is 0 Å². The van der Waals surface area contributed by atoms with Gasteiger partial charge in [-0.1, -0.05) is 85.5 Å². The minimum absolute atomic E-state index is 0.263. The van der Waals surface area contributed by atoms with Gasteiger partial charge < -0.3 is 18.9 Å². The first-order chi connectivity index (χ1) is 15.9. The molecule has 0 aromatic heterocycles. The van der Waals surface area contributed by atoms with Gasteiger partial charge in [-0.05, 0) is 43.9 Å². The Kier molecular flexibility index (Phi) is 16.9. The van der Waals surface area contributed by atoms with E-state index in [9.17, 15) is 9.59 Å². The fourth-order valence-electron chi connectivity index (χ4n) is 4.16. The lowest BCUT2D eigenvalue weighted by molar-refractivity contribution is -0.0350. The number of unbranched alkanes of at least 4 members (excludes halogenated alkanes) is 7. The number of hydrogen-bond donors (Lipinski definition) is 0. The predicted molar refractivity (Wildman–Crippen MR) is 131 cm³/mol. The summed E-state index contributed by atoms with van der Waals surface area (Å²) in [6, 6.07) is 0. The molecule has 0 bridgehead atoms. The van der Waals surface area contributed by atoms with Crippen molar-refractivity contribution < 1.29 is 28.5 Å². The molecule has 0 N–H and O–H groups in total. The van der Waals surface area contributed by atoms with Crippen molar-refractivity contribution in [2.24, 2.45) is 11.8 Å². The Balaban J connectivity index is 2.04. The van der Waals surface area contributed by atoms with E-state index >= 15 is 0 Å². The molecule has 6 nitrogen and oxygen atoms in total. The third-order valence-corrected chi connectivity index (χ3v) is 6.15. The van der Waals surface area contributed by atoms with Crippen LogP contribution in [0.5, 0.6) is 0 Å². The number of rotatable bonds is 17. The SMILES string of the molecule is CC(C)CCCCCCCCOC(=O)OC1CCCC(OC(=O)OCCCCCC(C)C)C1. The molecular formula is C27H50O6. The van der Waals surface area contributed by atoms with Crippen molar-refractivity contribution in [3.05, 3.63) is 0 Å². The van der Waals surface area contributed by atoms with E-state index < -0.39 is 12.3 Å². The predicted octanol–water partition coefficient (Wildman–Crippen LogP) is 8.21. The normalized spacial score (nSPS) is 18.4. The highest BCUT2D eigenvalue weighted by Crippen LogP contribution is 2.24. The first-order valence-electron chi connectivity index (χ1n) is 13.5. The Labute approximate surface area is 202 Å². The number of ether oxygens (including phenoxy) is 4. The van der Waals surface area contributed by atoms with Crippen molar-refractivity contribution in [2.75, 3.05) is 13.2 Å². The summed E-state index contributed by atoms with van der Waals surface area (Å²) in [5.41, 5.74) is 0. The maximum Gasteiger partial charge on any atom is 0.508 e. The van der Waals surface area contributed by atoms with Crippen LogP contribution in [0.3, 0.4) is 0 Å². The third kappa shape index (κ3) is 17.7. The molecule has 1 aliphatic rings.